The van der Waals surface area contributed by atoms with Crippen molar-refractivity contribution < 1.29 is 19.7 Å². The van der Waals surface area contributed by atoms with Crippen LogP contribution < -0.4 is 0 Å². The average Bonchev–Trinajstić information content (AvgIpc) is 2.09. The Bertz CT molecular complexity index is 140. The lowest BCUT2D eigenvalue weighted by Gasteiger charge is -2.19. The van der Waals surface area contributed by atoms with Crippen molar-refractivity contribution in [2.75, 3.05) is 40.0 Å². The van der Waals surface area contributed by atoms with Gasteiger partial charge in [0.05, 0.1) is 19.6 Å². The van der Waals surface area contributed by atoms with Gasteiger partial charge in [0.1, 0.15) is 0 Å². The van der Waals surface area contributed by atoms with E-state index in [2.05, 4.69) is 0 Å². The number of carboxylic acid groups (broad SMARTS) is 1. The van der Waals surface area contributed by atoms with Crippen LogP contribution in [0.2, 0.25) is 0 Å². The Morgan fingerprint density at radius 2 is 2.08 bits per heavy atom. The van der Waals surface area contributed by atoms with Crippen molar-refractivity contribution in [3.63, 3.8) is 0 Å². The van der Waals surface area contributed by atoms with E-state index in [-0.39, 0.29) is 13.0 Å². The first kappa shape index (κ1) is 12.3. The van der Waals surface area contributed by atoms with Gasteiger partial charge >= 0.3 is 5.97 Å². The van der Waals surface area contributed by atoms with Crippen LogP contribution >= 0.6 is 0 Å². The molecule has 5 nitrogen and oxygen atoms in total. The van der Waals surface area contributed by atoms with Crippen LogP contribution in [0.5, 0.6) is 0 Å². The molecule has 0 rings (SSSR count). The van der Waals surface area contributed by atoms with Crippen molar-refractivity contribution in [2.24, 2.45) is 0 Å². The summed E-state index contributed by atoms with van der Waals surface area (Å²) >= 11 is 0. The topological polar surface area (TPSA) is 70.0 Å². The smallest absolute Gasteiger partial charge is 0.304 e. The van der Waals surface area contributed by atoms with Crippen molar-refractivity contribution in [3.05, 3.63) is 0 Å². The molecule has 0 aliphatic carbocycles. The maximum atomic E-state index is 10.3. The standard InChI is InChI=1S/C8H17NO4/c1-13-7-5-9(4-6-10)3-2-8(11)12/h10H,2-7H2,1H3,(H,11,12). The number of carbonyl (C=O) groups is 1. The molecule has 0 radical (unpaired) electrons. The number of aliphatic hydroxyl groups excluding tert-OH is 1. The van der Waals surface area contributed by atoms with Crippen molar-refractivity contribution in [1.82, 2.24) is 4.90 Å². The Hall–Kier alpha value is -0.650. The van der Waals surface area contributed by atoms with Crippen LogP contribution in [-0.4, -0.2) is 61.0 Å². The molecule has 0 saturated carbocycles. The monoisotopic (exact) mass is 191 g/mol. The Labute approximate surface area is 77.9 Å². The molecule has 13 heavy (non-hydrogen) atoms. The molecule has 0 saturated heterocycles. The van der Waals surface area contributed by atoms with Crippen LogP contribution in [0.25, 0.3) is 0 Å². The Morgan fingerprint density at radius 1 is 1.38 bits per heavy atom. The van der Waals surface area contributed by atoms with Gasteiger partial charge in [-0.05, 0) is 0 Å². The number of rotatable bonds is 8. The van der Waals surface area contributed by atoms with E-state index in [1.165, 1.54) is 0 Å². The summed E-state index contributed by atoms with van der Waals surface area (Å²) in [6.45, 7) is 2.21. The fourth-order valence-corrected chi connectivity index (χ4v) is 0.951. The largest absolute Gasteiger partial charge is 0.481 e. The molecule has 0 fully saturated rings. The maximum absolute atomic E-state index is 10.3. The summed E-state index contributed by atoms with van der Waals surface area (Å²) in [7, 11) is 1.59. The van der Waals surface area contributed by atoms with Gasteiger partial charge < -0.3 is 14.9 Å². The lowest BCUT2D eigenvalue weighted by Crippen LogP contribution is -2.32. The first-order valence-electron chi connectivity index (χ1n) is 4.24. The maximum Gasteiger partial charge on any atom is 0.304 e. The van der Waals surface area contributed by atoms with Gasteiger partial charge in [-0.15, -0.1) is 0 Å². The van der Waals surface area contributed by atoms with Crippen LogP contribution in [-0.2, 0) is 9.53 Å². The van der Waals surface area contributed by atoms with E-state index in [0.717, 1.165) is 0 Å². The molecule has 0 aliphatic rings. The van der Waals surface area contributed by atoms with E-state index in [1.54, 1.807) is 7.11 Å². The van der Waals surface area contributed by atoms with E-state index < -0.39 is 5.97 Å². The third-order valence-electron chi connectivity index (χ3n) is 1.67. The lowest BCUT2D eigenvalue weighted by atomic mass is 10.3. The van der Waals surface area contributed by atoms with Gasteiger partial charge in [0.25, 0.3) is 0 Å². The fraction of sp³-hybridized carbons (Fsp3) is 0.875. The predicted molar refractivity (Wildman–Crippen MR) is 47.7 cm³/mol. The molecule has 0 heterocycles. The van der Waals surface area contributed by atoms with Crippen molar-refractivity contribution in [3.8, 4) is 0 Å². The summed E-state index contributed by atoms with van der Waals surface area (Å²) in [6, 6.07) is 0. The number of carboxylic acids is 1. The molecule has 2 N–H and O–H groups in total. The van der Waals surface area contributed by atoms with Crippen LogP contribution in [0.4, 0.5) is 0 Å². The molecular weight excluding hydrogens is 174 g/mol. The third-order valence-corrected chi connectivity index (χ3v) is 1.67. The molecule has 5 heteroatoms. The van der Waals surface area contributed by atoms with Gasteiger partial charge in [0.15, 0.2) is 0 Å². The molecule has 0 bridgehead atoms. The SMILES string of the molecule is COCCN(CCO)CCC(=O)O. The zero-order valence-electron chi connectivity index (χ0n) is 7.90. The van der Waals surface area contributed by atoms with E-state index in [4.69, 9.17) is 14.9 Å². The summed E-state index contributed by atoms with van der Waals surface area (Å²) in [4.78, 5) is 12.1. The molecule has 0 unspecified atom stereocenters. The second kappa shape index (κ2) is 7.97. The minimum atomic E-state index is -0.819. The average molecular weight is 191 g/mol. The van der Waals surface area contributed by atoms with Crippen LogP contribution in [0, 0.1) is 0 Å². The van der Waals surface area contributed by atoms with Crippen LogP contribution in [0.1, 0.15) is 6.42 Å². The summed E-state index contributed by atoms with van der Waals surface area (Å²) in [5, 5.41) is 17.1. The molecular formula is C8H17NO4. The van der Waals surface area contributed by atoms with Crippen molar-refractivity contribution >= 4 is 5.97 Å². The molecule has 0 aromatic rings. The van der Waals surface area contributed by atoms with Gasteiger partial charge in [-0.3, -0.25) is 9.69 Å². The fourth-order valence-electron chi connectivity index (χ4n) is 0.951. The number of methoxy groups -OCH3 is 1. The Morgan fingerprint density at radius 3 is 2.54 bits per heavy atom. The zero-order valence-corrected chi connectivity index (χ0v) is 7.90. The van der Waals surface area contributed by atoms with Gasteiger partial charge in [0.2, 0.25) is 0 Å². The number of aliphatic carboxylic acids is 1. The molecule has 0 spiro atoms. The lowest BCUT2D eigenvalue weighted by molar-refractivity contribution is -0.137. The van der Waals surface area contributed by atoms with E-state index in [9.17, 15) is 4.79 Å². The van der Waals surface area contributed by atoms with Crippen molar-refractivity contribution in [2.45, 2.75) is 6.42 Å². The summed E-state index contributed by atoms with van der Waals surface area (Å²) < 4.78 is 4.85. The van der Waals surface area contributed by atoms with Gasteiger partial charge in [-0.25, -0.2) is 0 Å². The first-order chi connectivity index (χ1) is 6.20. The molecule has 0 aromatic heterocycles. The first-order valence-corrected chi connectivity index (χ1v) is 4.24. The highest BCUT2D eigenvalue weighted by Gasteiger charge is 2.05. The highest BCUT2D eigenvalue weighted by Crippen LogP contribution is 1.91. The normalized spacial score (nSPS) is 10.7. The second-order valence-electron chi connectivity index (χ2n) is 2.70. The highest BCUT2D eigenvalue weighted by atomic mass is 16.5. The predicted octanol–water partition coefficient (Wildman–Crippen LogP) is -0.598. The third kappa shape index (κ3) is 7.70. The van der Waals surface area contributed by atoms with E-state index in [1.807, 2.05) is 4.90 Å². The second-order valence-corrected chi connectivity index (χ2v) is 2.70. The quantitative estimate of drug-likeness (QED) is 0.536. The number of hydrogen-bond donors (Lipinski definition) is 2. The Balaban J connectivity index is 3.59. The summed E-state index contributed by atoms with van der Waals surface area (Å²) in [5.41, 5.74) is 0. The van der Waals surface area contributed by atoms with Gasteiger partial charge in [0, 0.05) is 26.7 Å². The Kier molecular flexibility index (Phi) is 7.57. The van der Waals surface area contributed by atoms with Gasteiger partial charge in [-0.2, -0.15) is 0 Å². The molecule has 78 valence electrons. The zero-order chi connectivity index (χ0) is 10.1. The van der Waals surface area contributed by atoms with E-state index in [0.29, 0.717) is 26.2 Å². The highest BCUT2D eigenvalue weighted by molar-refractivity contribution is 5.66. The summed E-state index contributed by atoms with van der Waals surface area (Å²) in [5.74, 6) is -0.819. The van der Waals surface area contributed by atoms with Crippen LogP contribution in [0.15, 0.2) is 0 Å². The number of aliphatic hydroxyl groups is 1. The molecule has 0 amide bonds. The molecule has 0 atom stereocenters. The summed E-state index contributed by atoms with van der Waals surface area (Å²) in [6.07, 6.45) is 0.101. The van der Waals surface area contributed by atoms with Gasteiger partial charge in [-0.1, -0.05) is 0 Å². The number of nitrogens with zero attached hydrogens (tertiary/aromatic N) is 1. The van der Waals surface area contributed by atoms with Crippen molar-refractivity contribution in [1.29, 1.82) is 0 Å². The number of hydrogen-bond acceptors (Lipinski definition) is 4. The molecule has 0 aromatic carbocycles. The van der Waals surface area contributed by atoms with E-state index >= 15 is 0 Å². The minimum absolute atomic E-state index is 0.0450. The van der Waals surface area contributed by atoms with Crippen LogP contribution in [0.3, 0.4) is 0 Å². The minimum Gasteiger partial charge on any atom is -0.481 e. The molecule has 0 aliphatic heterocycles. The number of ether oxygens (including phenoxy) is 1.